The molecule has 3 heteroatoms. The van der Waals surface area contributed by atoms with Crippen LogP contribution in [-0.2, 0) is 0 Å². The minimum atomic E-state index is -0.0114. The van der Waals surface area contributed by atoms with Gasteiger partial charge in [0.2, 0.25) is 0 Å². The summed E-state index contributed by atoms with van der Waals surface area (Å²) in [5.41, 5.74) is 0. The van der Waals surface area contributed by atoms with Crippen LogP contribution in [0.5, 0.6) is 0 Å². The van der Waals surface area contributed by atoms with Crippen molar-refractivity contribution in [2.24, 2.45) is 0 Å². The molecule has 148 valence electrons. The third-order valence-electron chi connectivity index (χ3n) is 3.94. The lowest BCUT2D eigenvalue weighted by atomic mass is 10.2. The Morgan fingerprint density at radius 2 is 1.19 bits per heavy atom. The third kappa shape index (κ3) is 18.6. The van der Waals surface area contributed by atoms with E-state index in [-0.39, 0.29) is 6.03 Å². The van der Waals surface area contributed by atoms with E-state index in [9.17, 15) is 4.79 Å². The second-order valence-electron chi connectivity index (χ2n) is 6.71. The summed E-state index contributed by atoms with van der Waals surface area (Å²) in [6.45, 7) is 3.00. The molecule has 2 amide bonds. The summed E-state index contributed by atoms with van der Waals surface area (Å²) in [7, 11) is 3.52. The maximum atomic E-state index is 11.3. The lowest BCUT2D eigenvalue weighted by Crippen LogP contribution is -2.34. The molecule has 0 saturated carbocycles. The molecule has 0 bridgehead atoms. The number of nitrogens with zero attached hydrogens (tertiary/aromatic N) is 1. The topological polar surface area (TPSA) is 32.3 Å². The van der Waals surface area contributed by atoms with Crippen molar-refractivity contribution in [2.45, 2.75) is 71.1 Å². The Morgan fingerprint density at radius 1 is 0.731 bits per heavy atom. The van der Waals surface area contributed by atoms with Crippen LogP contribution < -0.4 is 5.32 Å². The number of carbonyl (C=O) groups excluding carboxylic acids is 1. The van der Waals surface area contributed by atoms with E-state index < -0.39 is 0 Å². The van der Waals surface area contributed by atoms with E-state index in [1.807, 2.05) is 0 Å². The normalized spacial score (nSPS) is 12.1. The molecule has 0 saturated heterocycles. The lowest BCUT2D eigenvalue weighted by Gasteiger charge is -2.11. The van der Waals surface area contributed by atoms with Crippen molar-refractivity contribution >= 4 is 6.03 Å². The number of allylic oxidation sites excluding steroid dienone is 8. The Morgan fingerprint density at radius 3 is 1.65 bits per heavy atom. The number of amides is 2. The standard InChI is InChI=1S/C23H40N2O/c1-4-5-6-7-8-9-10-11-12-13-14-15-16-17-18-19-20-21-22-24-23(26)25(2)3/h8-9,11-12,14-15,17-18H,4-7,10,13,16,19-22H2,1-3H3,(H,24,26)/b9-8-,12-11-,15-14-,18-17-. The largest absolute Gasteiger partial charge is 0.338 e. The second-order valence-corrected chi connectivity index (χ2v) is 6.71. The summed E-state index contributed by atoms with van der Waals surface area (Å²) in [4.78, 5) is 12.9. The second kappa shape index (κ2) is 19.6. The van der Waals surface area contributed by atoms with E-state index in [0.29, 0.717) is 0 Å². The average Bonchev–Trinajstić information content (AvgIpc) is 2.63. The fourth-order valence-electron chi connectivity index (χ4n) is 2.30. The fourth-order valence-corrected chi connectivity index (χ4v) is 2.30. The van der Waals surface area contributed by atoms with Gasteiger partial charge in [-0.2, -0.15) is 0 Å². The van der Waals surface area contributed by atoms with E-state index in [1.165, 1.54) is 25.7 Å². The van der Waals surface area contributed by atoms with Crippen LogP contribution in [0.4, 0.5) is 4.79 Å². The number of urea groups is 1. The van der Waals surface area contributed by atoms with Crippen molar-refractivity contribution in [3.63, 3.8) is 0 Å². The van der Waals surface area contributed by atoms with Crippen LogP contribution in [-0.4, -0.2) is 31.6 Å². The molecule has 0 spiro atoms. The van der Waals surface area contributed by atoms with Crippen LogP contribution in [0.2, 0.25) is 0 Å². The van der Waals surface area contributed by atoms with Crippen LogP contribution in [0.3, 0.4) is 0 Å². The number of carbonyl (C=O) groups is 1. The molecule has 0 aromatic rings. The molecule has 3 nitrogen and oxygen atoms in total. The van der Waals surface area contributed by atoms with Gasteiger partial charge in [0.25, 0.3) is 0 Å². The summed E-state index contributed by atoms with van der Waals surface area (Å²) >= 11 is 0. The first-order chi connectivity index (χ1) is 12.7. The highest BCUT2D eigenvalue weighted by atomic mass is 16.2. The molecule has 0 aliphatic carbocycles. The summed E-state index contributed by atoms with van der Waals surface area (Å²) < 4.78 is 0. The van der Waals surface area contributed by atoms with Gasteiger partial charge in [-0.05, 0) is 51.4 Å². The zero-order valence-electron chi connectivity index (χ0n) is 17.3. The molecule has 0 aliphatic heterocycles. The Hall–Kier alpha value is -1.77. The third-order valence-corrected chi connectivity index (χ3v) is 3.94. The van der Waals surface area contributed by atoms with Gasteiger partial charge < -0.3 is 10.2 Å². The van der Waals surface area contributed by atoms with Crippen molar-refractivity contribution in [1.82, 2.24) is 10.2 Å². The first kappa shape index (κ1) is 24.2. The zero-order valence-corrected chi connectivity index (χ0v) is 17.3. The SMILES string of the molecule is CCCCC/C=C\C/C=C\C/C=C\C/C=C\CCCCNC(=O)N(C)C. The summed E-state index contributed by atoms with van der Waals surface area (Å²) in [6.07, 6.45) is 29.4. The first-order valence-electron chi connectivity index (χ1n) is 10.2. The number of hydrogen-bond acceptors (Lipinski definition) is 1. The maximum absolute atomic E-state index is 11.3. The molecule has 1 N–H and O–H groups in total. The molecule has 26 heavy (non-hydrogen) atoms. The Bertz CT molecular complexity index is 433. The highest BCUT2D eigenvalue weighted by Gasteiger charge is 1.99. The van der Waals surface area contributed by atoms with Crippen LogP contribution in [0.15, 0.2) is 48.6 Å². The van der Waals surface area contributed by atoms with Gasteiger partial charge in [-0.25, -0.2) is 4.79 Å². The molecule has 0 aromatic heterocycles. The minimum Gasteiger partial charge on any atom is -0.338 e. The summed E-state index contributed by atoms with van der Waals surface area (Å²) in [5.74, 6) is 0. The molecule has 0 unspecified atom stereocenters. The molecular formula is C23H40N2O. The quantitative estimate of drug-likeness (QED) is 0.266. The predicted octanol–water partition coefficient (Wildman–Crippen LogP) is 6.40. The van der Waals surface area contributed by atoms with Crippen LogP contribution in [0.1, 0.15) is 71.1 Å². The maximum Gasteiger partial charge on any atom is 0.316 e. The number of nitrogens with one attached hydrogen (secondary N) is 1. The van der Waals surface area contributed by atoms with Gasteiger partial charge in [-0.3, -0.25) is 0 Å². The average molecular weight is 361 g/mol. The van der Waals surface area contributed by atoms with Gasteiger partial charge in [-0.1, -0.05) is 68.4 Å². The smallest absolute Gasteiger partial charge is 0.316 e. The van der Waals surface area contributed by atoms with Gasteiger partial charge in [0.1, 0.15) is 0 Å². The van der Waals surface area contributed by atoms with Gasteiger partial charge in [-0.15, -0.1) is 0 Å². The minimum absolute atomic E-state index is 0.0114. The van der Waals surface area contributed by atoms with Gasteiger partial charge in [0.15, 0.2) is 0 Å². The van der Waals surface area contributed by atoms with E-state index in [4.69, 9.17) is 0 Å². The molecule has 0 rings (SSSR count). The fraction of sp³-hybridized carbons (Fsp3) is 0.609. The Kier molecular flexibility index (Phi) is 18.2. The molecule has 0 aliphatic rings. The summed E-state index contributed by atoms with van der Waals surface area (Å²) in [6, 6.07) is -0.0114. The summed E-state index contributed by atoms with van der Waals surface area (Å²) in [5, 5.41) is 2.88. The van der Waals surface area contributed by atoms with Crippen molar-refractivity contribution in [3.05, 3.63) is 48.6 Å². The van der Waals surface area contributed by atoms with Crippen LogP contribution >= 0.6 is 0 Å². The molecule has 0 fully saturated rings. The molecular weight excluding hydrogens is 320 g/mol. The number of unbranched alkanes of at least 4 members (excludes halogenated alkanes) is 5. The Labute approximate surface area is 161 Å². The van der Waals surface area contributed by atoms with Crippen molar-refractivity contribution < 1.29 is 4.79 Å². The van der Waals surface area contributed by atoms with Gasteiger partial charge in [0.05, 0.1) is 0 Å². The molecule has 0 heterocycles. The van der Waals surface area contributed by atoms with Crippen molar-refractivity contribution in [3.8, 4) is 0 Å². The molecule has 0 atom stereocenters. The lowest BCUT2D eigenvalue weighted by molar-refractivity contribution is 0.217. The van der Waals surface area contributed by atoms with E-state index in [0.717, 1.165) is 45.1 Å². The first-order valence-corrected chi connectivity index (χ1v) is 10.2. The van der Waals surface area contributed by atoms with Crippen LogP contribution in [0.25, 0.3) is 0 Å². The highest BCUT2D eigenvalue weighted by Crippen LogP contribution is 2.01. The van der Waals surface area contributed by atoms with Gasteiger partial charge >= 0.3 is 6.03 Å². The number of hydrogen-bond donors (Lipinski definition) is 1. The van der Waals surface area contributed by atoms with Crippen molar-refractivity contribution in [2.75, 3.05) is 20.6 Å². The van der Waals surface area contributed by atoms with E-state index in [1.54, 1.807) is 19.0 Å². The number of rotatable bonds is 15. The van der Waals surface area contributed by atoms with Crippen LogP contribution in [0, 0.1) is 0 Å². The van der Waals surface area contributed by atoms with E-state index >= 15 is 0 Å². The zero-order chi connectivity index (χ0) is 19.3. The van der Waals surface area contributed by atoms with Crippen molar-refractivity contribution in [1.29, 1.82) is 0 Å². The highest BCUT2D eigenvalue weighted by molar-refractivity contribution is 5.73. The predicted molar refractivity (Wildman–Crippen MR) is 115 cm³/mol. The molecule has 0 aromatic carbocycles. The Balaban J connectivity index is 3.42. The van der Waals surface area contributed by atoms with E-state index in [2.05, 4.69) is 60.8 Å². The monoisotopic (exact) mass is 360 g/mol. The van der Waals surface area contributed by atoms with Gasteiger partial charge in [0, 0.05) is 20.6 Å². The molecule has 0 radical (unpaired) electrons.